The molecule has 0 bridgehead atoms. The molecule has 0 aromatic heterocycles. The van der Waals surface area contributed by atoms with Crippen molar-refractivity contribution in [2.45, 2.75) is 66.0 Å². The highest BCUT2D eigenvalue weighted by Gasteiger charge is 2.25. The zero-order valence-corrected chi connectivity index (χ0v) is 14.7. The Hall–Kier alpha value is -1.02. The Balaban J connectivity index is 1.94. The standard InChI is InChI=1S/C19H32N2/c1-18(2,3)13-15-7-9-17(10-8-15)21-12-11-16(14-21)20-19(4,5)6/h7-10,16,20H,11-14H2,1-6H3. The summed E-state index contributed by atoms with van der Waals surface area (Å²) in [7, 11) is 0. The summed E-state index contributed by atoms with van der Waals surface area (Å²) in [4.78, 5) is 2.50. The van der Waals surface area contributed by atoms with Gasteiger partial charge in [-0.25, -0.2) is 0 Å². The molecule has 0 spiro atoms. The van der Waals surface area contributed by atoms with Gasteiger partial charge in [-0.1, -0.05) is 32.9 Å². The molecule has 1 heterocycles. The van der Waals surface area contributed by atoms with Crippen LogP contribution < -0.4 is 10.2 Å². The number of rotatable bonds is 3. The average Bonchev–Trinajstić information content (AvgIpc) is 2.74. The van der Waals surface area contributed by atoms with Gasteiger partial charge in [-0.3, -0.25) is 0 Å². The van der Waals surface area contributed by atoms with E-state index >= 15 is 0 Å². The Morgan fingerprint density at radius 3 is 2.19 bits per heavy atom. The van der Waals surface area contributed by atoms with Crippen molar-refractivity contribution in [3.8, 4) is 0 Å². The third kappa shape index (κ3) is 5.35. The molecular weight excluding hydrogens is 256 g/mol. The lowest BCUT2D eigenvalue weighted by molar-refractivity contribution is 0.373. The molecular formula is C19H32N2. The van der Waals surface area contributed by atoms with Gasteiger partial charge in [0.15, 0.2) is 0 Å². The predicted molar refractivity (Wildman–Crippen MR) is 93.1 cm³/mol. The molecule has 118 valence electrons. The number of nitrogens with one attached hydrogen (secondary N) is 1. The van der Waals surface area contributed by atoms with Gasteiger partial charge in [0.2, 0.25) is 0 Å². The van der Waals surface area contributed by atoms with Gasteiger partial charge in [-0.05, 0) is 56.7 Å². The third-order valence-corrected chi connectivity index (χ3v) is 3.86. The largest absolute Gasteiger partial charge is 0.370 e. The highest BCUT2D eigenvalue weighted by Crippen LogP contribution is 2.25. The van der Waals surface area contributed by atoms with Crippen LogP contribution in [0, 0.1) is 5.41 Å². The van der Waals surface area contributed by atoms with E-state index in [4.69, 9.17) is 0 Å². The zero-order valence-electron chi connectivity index (χ0n) is 14.7. The molecule has 0 aliphatic carbocycles. The Morgan fingerprint density at radius 1 is 1.05 bits per heavy atom. The molecule has 0 amide bonds. The van der Waals surface area contributed by atoms with Crippen molar-refractivity contribution < 1.29 is 0 Å². The lowest BCUT2D eigenvalue weighted by Crippen LogP contribution is -2.44. The van der Waals surface area contributed by atoms with Crippen molar-refractivity contribution in [2.75, 3.05) is 18.0 Å². The first-order valence-corrected chi connectivity index (χ1v) is 8.24. The quantitative estimate of drug-likeness (QED) is 0.895. The highest BCUT2D eigenvalue weighted by molar-refractivity contribution is 5.49. The van der Waals surface area contributed by atoms with Gasteiger partial charge in [0, 0.05) is 30.4 Å². The Labute approximate surface area is 130 Å². The average molecular weight is 288 g/mol. The van der Waals surface area contributed by atoms with Gasteiger partial charge in [-0.15, -0.1) is 0 Å². The van der Waals surface area contributed by atoms with E-state index in [9.17, 15) is 0 Å². The maximum Gasteiger partial charge on any atom is 0.0366 e. The van der Waals surface area contributed by atoms with E-state index in [1.807, 2.05) is 0 Å². The number of hydrogen-bond acceptors (Lipinski definition) is 2. The fourth-order valence-corrected chi connectivity index (χ4v) is 3.16. The second-order valence-corrected chi connectivity index (χ2v) is 8.73. The fourth-order valence-electron chi connectivity index (χ4n) is 3.16. The lowest BCUT2D eigenvalue weighted by atomic mass is 9.88. The molecule has 2 nitrogen and oxygen atoms in total. The molecule has 1 unspecified atom stereocenters. The summed E-state index contributed by atoms with van der Waals surface area (Å²) >= 11 is 0. The summed E-state index contributed by atoms with van der Waals surface area (Å²) in [5, 5.41) is 3.72. The van der Waals surface area contributed by atoms with E-state index in [0.29, 0.717) is 11.5 Å². The molecule has 1 aromatic rings. The van der Waals surface area contributed by atoms with Gasteiger partial charge in [0.1, 0.15) is 0 Å². The van der Waals surface area contributed by atoms with E-state index in [1.54, 1.807) is 0 Å². The van der Waals surface area contributed by atoms with Gasteiger partial charge in [-0.2, -0.15) is 0 Å². The first-order chi connectivity index (χ1) is 9.62. The molecule has 1 aliphatic heterocycles. The Kier molecular flexibility index (Phi) is 4.67. The molecule has 21 heavy (non-hydrogen) atoms. The summed E-state index contributed by atoms with van der Waals surface area (Å²) in [5.74, 6) is 0. The van der Waals surface area contributed by atoms with E-state index < -0.39 is 0 Å². The van der Waals surface area contributed by atoms with Crippen molar-refractivity contribution in [3.05, 3.63) is 29.8 Å². The first-order valence-electron chi connectivity index (χ1n) is 8.24. The second-order valence-electron chi connectivity index (χ2n) is 8.73. The van der Waals surface area contributed by atoms with E-state index in [1.165, 1.54) is 17.7 Å². The zero-order chi connectivity index (χ0) is 15.7. The van der Waals surface area contributed by atoms with Crippen LogP contribution >= 0.6 is 0 Å². The molecule has 0 radical (unpaired) electrons. The van der Waals surface area contributed by atoms with E-state index in [-0.39, 0.29) is 5.54 Å². The molecule has 2 heteroatoms. The molecule has 0 saturated carbocycles. The molecule has 1 aliphatic rings. The SMILES string of the molecule is CC(C)(C)Cc1ccc(N2CCC(NC(C)(C)C)C2)cc1. The molecule has 1 atom stereocenters. The third-order valence-electron chi connectivity index (χ3n) is 3.86. The van der Waals surface area contributed by atoms with Gasteiger partial charge < -0.3 is 10.2 Å². The summed E-state index contributed by atoms with van der Waals surface area (Å²) in [6.45, 7) is 15.9. The fraction of sp³-hybridized carbons (Fsp3) is 0.684. The van der Waals surface area contributed by atoms with Crippen molar-refractivity contribution in [2.24, 2.45) is 5.41 Å². The maximum atomic E-state index is 3.72. The number of nitrogens with zero attached hydrogens (tertiary/aromatic N) is 1. The second kappa shape index (κ2) is 6.00. The van der Waals surface area contributed by atoms with Crippen LogP contribution in [-0.2, 0) is 6.42 Å². The minimum Gasteiger partial charge on any atom is -0.370 e. The van der Waals surface area contributed by atoms with E-state index in [2.05, 4.69) is 76.0 Å². The number of anilines is 1. The Bertz CT molecular complexity index is 448. The van der Waals surface area contributed by atoms with Gasteiger partial charge in [0.25, 0.3) is 0 Å². The van der Waals surface area contributed by atoms with Gasteiger partial charge in [0.05, 0.1) is 0 Å². The van der Waals surface area contributed by atoms with Crippen molar-refractivity contribution in [1.29, 1.82) is 0 Å². The number of benzene rings is 1. The summed E-state index contributed by atoms with van der Waals surface area (Å²) in [5.41, 5.74) is 3.37. The predicted octanol–water partition coefficient (Wildman–Crippen LogP) is 4.24. The summed E-state index contributed by atoms with van der Waals surface area (Å²) < 4.78 is 0. The van der Waals surface area contributed by atoms with Crippen LogP contribution in [0.5, 0.6) is 0 Å². The molecule has 2 rings (SSSR count). The van der Waals surface area contributed by atoms with Crippen LogP contribution in [-0.4, -0.2) is 24.7 Å². The minimum atomic E-state index is 0.206. The normalized spacial score (nSPS) is 20.1. The topological polar surface area (TPSA) is 15.3 Å². The minimum absolute atomic E-state index is 0.206. The molecule has 1 aromatic carbocycles. The first kappa shape index (κ1) is 16.4. The van der Waals surface area contributed by atoms with Crippen LogP contribution in [0.2, 0.25) is 0 Å². The van der Waals surface area contributed by atoms with Crippen LogP contribution in [0.15, 0.2) is 24.3 Å². The van der Waals surface area contributed by atoms with Crippen LogP contribution in [0.1, 0.15) is 53.5 Å². The summed E-state index contributed by atoms with van der Waals surface area (Å²) in [6.07, 6.45) is 2.38. The van der Waals surface area contributed by atoms with Gasteiger partial charge >= 0.3 is 0 Å². The van der Waals surface area contributed by atoms with Crippen LogP contribution in [0.4, 0.5) is 5.69 Å². The van der Waals surface area contributed by atoms with Crippen molar-refractivity contribution in [3.63, 3.8) is 0 Å². The van der Waals surface area contributed by atoms with Crippen molar-refractivity contribution in [1.82, 2.24) is 5.32 Å². The number of hydrogen-bond donors (Lipinski definition) is 1. The highest BCUT2D eigenvalue weighted by atomic mass is 15.2. The monoisotopic (exact) mass is 288 g/mol. The Morgan fingerprint density at radius 2 is 1.67 bits per heavy atom. The molecule has 1 saturated heterocycles. The summed E-state index contributed by atoms with van der Waals surface area (Å²) in [6, 6.07) is 9.79. The van der Waals surface area contributed by atoms with Crippen LogP contribution in [0.3, 0.4) is 0 Å². The maximum absolute atomic E-state index is 3.72. The smallest absolute Gasteiger partial charge is 0.0366 e. The molecule has 1 N–H and O–H groups in total. The van der Waals surface area contributed by atoms with E-state index in [0.717, 1.165) is 19.5 Å². The molecule has 1 fully saturated rings. The van der Waals surface area contributed by atoms with Crippen molar-refractivity contribution >= 4 is 5.69 Å². The lowest BCUT2D eigenvalue weighted by Gasteiger charge is -2.26. The van der Waals surface area contributed by atoms with Crippen LogP contribution in [0.25, 0.3) is 0 Å².